The van der Waals surface area contributed by atoms with Crippen LogP contribution in [0.15, 0.2) is 17.7 Å². The van der Waals surface area contributed by atoms with Crippen molar-refractivity contribution in [2.45, 2.75) is 38.6 Å². The normalized spacial score (nSPS) is 19.8. The van der Waals surface area contributed by atoms with Crippen molar-refractivity contribution in [3.05, 3.63) is 34.6 Å². The van der Waals surface area contributed by atoms with Crippen molar-refractivity contribution < 1.29 is 9.18 Å². The van der Waals surface area contributed by atoms with E-state index in [1.165, 1.54) is 19.2 Å². The van der Waals surface area contributed by atoms with Gasteiger partial charge in [0.15, 0.2) is 0 Å². The van der Waals surface area contributed by atoms with Gasteiger partial charge in [0.05, 0.1) is 0 Å². The summed E-state index contributed by atoms with van der Waals surface area (Å²) in [4.78, 5) is 13.7. The quantitative estimate of drug-likeness (QED) is 0.673. The molecule has 23 heavy (non-hydrogen) atoms. The summed E-state index contributed by atoms with van der Waals surface area (Å²) in [6.45, 7) is 6.39. The molecule has 1 aliphatic rings. The minimum Gasteiger partial charge on any atom is -0.369 e. The van der Waals surface area contributed by atoms with Gasteiger partial charge in [-0.25, -0.2) is 4.39 Å². The van der Waals surface area contributed by atoms with Gasteiger partial charge in [0, 0.05) is 30.9 Å². The zero-order valence-electron chi connectivity index (χ0n) is 14.2. The van der Waals surface area contributed by atoms with Gasteiger partial charge < -0.3 is 10.2 Å². The number of anilines is 1. The second kappa shape index (κ2) is 6.04. The van der Waals surface area contributed by atoms with E-state index in [2.05, 4.69) is 31.0 Å². The minimum atomic E-state index is -0.518. The van der Waals surface area contributed by atoms with Gasteiger partial charge >= 0.3 is 0 Å². The van der Waals surface area contributed by atoms with Crippen molar-refractivity contribution in [2.75, 3.05) is 19.0 Å². The molecule has 1 heterocycles. The first-order chi connectivity index (χ1) is 10.7. The zero-order valence-corrected chi connectivity index (χ0v) is 14.2. The number of nitrogens with zero attached hydrogens (tertiary/aromatic N) is 2. The van der Waals surface area contributed by atoms with E-state index in [1.54, 1.807) is 6.07 Å². The third kappa shape index (κ3) is 3.07. The number of carbonyl (C=O) groups excluding carboxylic acids is 1. The van der Waals surface area contributed by atoms with Gasteiger partial charge in [-0.1, -0.05) is 6.92 Å². The van der Waals surface area contributed by atoms with Crippen LogP contribution in [0.3, 0.4) is 0 Å². The molecule has 1 atom stereocenters. The van der Waals surface area contributed by atoms with Crippen LogP contribution < -0.4 is 10.2 Å². The summed E-state index contributed by atoms with van der Waals surface area (Å²) >= 11 is 0. The number of amides is 1. The largest absolute Gasteiger partial charge is 0.369 e. The molecule has 0 spiro atoms. The van der Waals surface area contributed by atoms with E-state index in [-0.39, 0.29) is 22.6 Å². The Bertz CT molecular complexity index is 716. The molecule has 1 amide bonds. The predicted octanol–water partition coefficient (Wildman–Crippen LogP) is 3.20. The summed E-state index contributed by atoms with van der Waals surface area (Å²) in [5, 5.41) is 11.5. The molecule has 0 fully saturated rings. The van der Waals surface area contributed by atoms with Crippen LogP contribution in [0.5, 0.6) is 0 Å². The van der Waals surface area contributed by atoms with Crippen molar-refractivity contribution in [1.82, 2.24) is 5.32 Å². The summed E-state index contributed by atoms with van der Waals surface area (Å²) in [5.74, 6) is -0.678. The molecule has 1 aromatic rings. The molecule has 0 bridgehead atoms. The van der Waals surface area contributed by atoms with Gasteiger partial charge in [-0.2, -0.15) is 5.26 Å². The maximum Gasteiger partial charge on any atom is 0.261 e. The number of likely N-dealkylation sites (N-methyl/N-ethyl adjacent to an activating group) is 1. The molecule has 4 nitrogen and oxygen atoms in total. The van der Waals surface area contributed by atoms with E-state index >= 15 is 0 Å². The van der Waals surface area contributed by atoms with Gasteiger partial charge in [0.25, 0.3) is 5.91 Å². The Balaban J connectivity index is 2.56. The molecule has 5 heteroatoms. The third-order valence-corrected chi connectivity index (χ3v) is 4.64. The van der Waals surface area contributed by atoms with E-state index in [0.29, 0.717) is 0 Å². The summed E-state index contributed by atoms with van der Waals surface area (Å²) in [6.07, 6.45) is 2.26. The number of fused-ring (bicyclic) bond motifs is 1. The fraction of sp³-hybridized carbons (Fsp3) is 0.444. The number of carbonyl (C=O) groups is 1. The Morgan fingerprint density at radius 1 is 1.52 bits per heavy atom. The SMILES string of the molecule is CNC(=O)/C(C#N)=C/c1cc2c(cc1F)N(C)C(C)(C)CC2C. The Kier molecular flexibility index (Phi) is 4.46. The topological polar surface area (TPSA) is 56.1 Å². The first-order valence-electron chi connectivity index (χ1n) is 7.62. The Morgan fingerprint density at radius 2 is 2.17 bits per heavy atom. The monoisotopic (exact) mass is 315 g/mol. The third-order valence-electron chi connectivity index (χ3n) is 4.64. The van der Waals surface area contributed by atoms with E-state index in [1.807, 2.05) is 13.1 Å². The molecule has 1 unspecified atom stereocenters. The minimum absolute atomic E-state index is 0.0455. The second-order valence-corrected chi connectivity index (χ2v) is 6.66. The van der Waals surface area contributed by atoms with E-state index in [4.69, 9.17) is 5.26 Å². The molecular weight excluding hydrogens is 293 g/mol. The first kappa shape index (κ1) is 17.0. The van der Waals surface area contributed by atoms with Crippen molar-refractivity contribution in [2.24, 2.45) is 0 Å². The van der Waals surface area contributed by atoms with E-state index < -0.39 is 11.7 Å². The lowest BCUT2D eigenvalue weighted by molar-refractivity contribution is -0.116. The molecule has 0 saturated carbocycles. The summed E-state index contributed by atoms with van der Waals surface area (Å²) in [5.41, 5.74) is 2.01. The molecule has 0 radical (unpaired) electrons. The lowest BCUT2D eigenvalue weighted by Gasteiger charge is -2.45. The fourth-order valence-corrected chi connectivity index (χ4v) is 3.15. The lowest BCUT2D eigenvalue weighted by atomic mass is 9.80. The van der Waals surface area contributed by atoms with E-state index in [9.17, 15) is 9.18 Å². The summed E-state index contributed by atoms with van der Waals surface area (Å²) in [6, 6.07) is 5.06. The summed E-state index contributed by atoms with van der Waals surface area (Å²) < 4.78 is 14.5. The van der Waals surface area contributed by atoms with Crippen molar-refractivity contribution in [3.8, 4) is 6.07 Å². The molecule has 1 N–H and O–H groups in total. The highest BCUT2D eigenvalue weighted by atomic mass is 19.1. The number of benzene rings is 1. The smallest absolute Gasteiger partial charge is 0.261 e. The average molecular weight is 315 g/mol. The predicted molar refractivity (Wildman–Crippen MR) is 89.6 cm³/mol. The first-order valence-corrected chi connectivity index (χ1v) is 7.62. The van der Waals surface area contributed by atoms with Crippen LogP contribution in [0.4, 0.5) is 10.1 Å². The van der Waals surface area contributed by atoms with Crippen LogP contribution >= 0.6 is 0 Å². The lowest BCUT2D eigenvalue weighted by Crippen LogP contribution is -2.45. The Morgan fingerprint density at radius 3 is 2.74 bits per heavy atom. The van der Waals surface area contributed by atoms with Crippen LogP contribution in [-0.4, -0.2) is 25.5 Å². The van der Waals surface area contributed by atoms with Gasteiger partial charge in [-0.3, -0.25) is 4.79 Å². The Labute approximate surface area is 136 Å². The highest BCUT2D eigenvalue weighted by Crippen LogP contribution is 2.43. The molecule has 1 aliphatic heterocycles. The number of nitriles is 1. The standard InChI is InChI=1S/C18H22FN3O/c1-11-9-18(2,3)22(5)16-8-15(19)12(7-14(11)16)6-13(10-20)17(23)21-4/h6-8,11H,9H2,1-5H3,(H,21,23)/b13-6+. The van der Waals surface area contributed by atoms with Gasteiger partial charge in [-0.05, 0) is 50.0 Å². The maximum absolute atomic E-state index is 14.5. The zero-order chi connectivity index (χ0) is 17.4. The highest BCUT2D eigenvalue weighted by Gasteiger charge is 2.34. The fourth-order valence-electron chi connectivity index (χ4n) is 3.15. The highest BCUT2D eigenvalue weighted by molar-refractivity contribution is 6.01. The summed E-state index contributed by atoms with van der Waals surface area (Å²) in [7, 11) is 3.40. The van der Waals surface area contributed by atoms with Gasteiger partial charge in [0.2, 0.25) is 0 Å². The number of hydrogen-bond donors (Lipinski definition) is 1. The molecule has 0 aromatic heterocycles. The second-order valence-electron chi connectivity index (χ2n) is 6.66. The van der Waals surface area contributed by atoms with Crippen LogP contribution in [-0.2, 0) is 4.79 Å². The average Bonchev–Trinajstić information content (AvgIpc) is 2.50. The molecule has 122 valence electrons. The molecule has 0 saturated heterocycles. The molecular formula is C18H22FN3O. The number of nitrogens with one attached hydrogen (secondary N) is 1. The number of rotatable bonds is 2. The van der Waals surface area contributed by atoms with E-state index in [0.717, 1.165) is 17.7 Å². The molecule has 2 rings (SSSR count). The maximum atomic E-state index is 14.5. The van der Waals surface area contributed by atoms with Crippen molar-refractivity contribution in [1.29, 1.82) is 5.26 Å². The van der Waals surface area contributed by atoms with Crippen molar-refractivity contribution in [3.63, 3.8) is 0 Å². The van der Waals surface area contributed by atoms with Crippen LogP contribution in [0, 0.1) is 17.1 Å². The van der Waals surface area contributed by atoms with Crippen molar-refractivity contribution >= 4 is 17.7 Å². The Hall–Kier alpha value is -2.35. The van der Waals surface area contributed by atoms with Crippen LogP contribution in [0.2, 0.25) is 0 Å². The van der Waals surface area contributed by atoms with Crippen LogP contribution in [0.25, 0.3) is 6.08 Å². The van der Waals surface area contributed by atoms with Gasteiger partial charge in [-0.15, -0.1) is 0 Å². The molecule has 0 aliphatic carbocycles. The molecule has 1 aromatic carbocycles. The number of halogens is 1. The van der Waals surface area contributed by atoms with Crippen LogP contribution in [0.1, 0.15) is 44.2 Å². The number of hydrogen-bond acceptors (Lipinski definition) is 3. The van der Waals surface area contributed by atoms with Gasteiger partial charge in [0.1, 0.15) is 17.5 Å².